The smallest absolute Gasteiger partial charge is 0.310 e. The number of oxime groups is 1. The van der Waals surface area contributed by atoms with Gasteiger partial charge in [-0.3, -0.25) is 4.79 Å². The first-order chi connectivity index (χ1) is 12.0. The average molecular weight is 360 g/mol. The lowest BCUT2D eigenvalue weighted by Gasteiger charge is -2.04. The third kappa shape index (κ3) is 5.37. The molecule has 0 heterocycles. The second-order valence-electron chi connectivity index (χ2n) is 6.50. The lowest BCUT2D eigenvalue weighted by atomic mass is 10.1. The molecule has 1 aliphatic carbocycles. The molecular formula is C20H22ClNO3. The van der Waals surface area contributed by atoms with E-state index in [-0.39, 0.29) is 36.4 Å². The highest BCUT2D eigenvalue weighted by Crippen LogP contribution is 2.57. The molecule has 0 aromatic heterocycles. The number of carbonyl (C=O) groups excluding carboxylic acids is 1. The molecule has 0 N–H and O–H groups in total. The standard InChI is InChI=1S/C20H22ClNO3/c1-4-11-25-22-14-17-18(20(17,2)3)19(23)24-12-10-16(21)13-15-8-6-5-7-9-15/h1,5-10,14,17-18H,11-13H2,2-3H3. The number of halogens is 1. The molecule has 1 saturated carbocycles. The molecule has 0 amide bonds. The Bertz CT molecular complexity index is 689. The molecule has 0 spiro atoms. The molecule has 25 heavy (non-hydrogen) atoms. The molecule has 2 unspecified atom stereocenters. The molecule has 132 valence electrons. The first-order valence-electron chi connectivity index (χ1n) is 8.10. The zero-order chi connectivity index (χ0) is 18.3. The van der Waals surface area contributed by atoms with E-state index in [1.54, 1.807) is 12.3 Å². The number of nitrogens with zero attached hydrogens (tertiary/aromatic N) is 1. The second kappa shape index (κ2) is 8.73. The van der Waals surface area contributed by atoms with Crippen LogP contribution in [0.2, 0.25) is 0 Å². The van der Waals surface area contributed by atoms with Crippen molar-refractivity contribution < 1.29 is 14.4 Å². The van der Waals surface area contributed by atoms with Crippen molar-refractivity contribution in [1.82, 2.24) is 0 Å². The minimum absolute atomic E-state index is 0.0125. The molecule has 4 nitrogen and oxygen atoms in total. The molecule has 0 saturated heterocycles. The Kier molecular flexibility index (Phi) is 6.66. The first-order valence-corrected chi connectivity index (χ1v) is 8.48. The average Bonchev–Trinajstić information content (AvgIpc) is 3.13. The van der Waals surface area contributed by atoms with Gasteiger partial charge < -0.3 is 9.57 Å². The quantitative estimate of drug-likeness (QED) is 0.233. The van der Waals surface area contributed by atoms with Crippen LogP contribution < -0.4 is 0 Å². The van der Waals surface area contributed by atoms with E-state index in [2.05, 4.69) is 11.1 Å². The maximum absolute atomic E-state index is 12.2. The van der Waals surface area contributed by atoms with Gasteiger partial charge in [-0.2, -0.15) is 0 Å². The highest BCUT2D eigenvalue weighted by atomic mass is 35.5. The monoisotopic (exact) mass is 359 g/mol. The normalized spacial score (nSPS) is 21.6. The SMILES string of the molecule is C#CCON=CC1C(C(=O)OCC=C(Cl)Cc2ccccc2)C1(C)C. The maximum Gasteiger partial charge on any atom is 0.310 e. The highest BCUT2D eigenvalue weighted by molar-refractivity contribution is 6.29. The summed E-state index contributed by atoms with van der Waals surface area (Å²) in [7, 11) is 0. The van der Waals surface area contributed by atoms with Crippen molar-refractivity contribution in [3.05, 3.63) is 47.0 Å². The molecule has 0 radical (unpaired) electrons. The number of benzene rings is 1. The third-order valence-electron chi connectivity index (χ3n) is 4.35. The molecule has 1 aliphatic rings. The van der Waals surface area contributed by atoms with Crippen molar-refractivity contribution >= 4 is 23.8 Å². The van der Waals surface area contributed by atoms with Gasteiger partial charge >= 0.3 is 5.97 Å². The summed E-state index contributed by atoms with van der Waals surface area (Å²) >= 11 is 6.19. The van der Waals surface area contributed by atoms with Crippen LogP contribution in [0, 0.1) is 29.6 Å². The summed E-state index contributed by atoms with van der Waals surface area (Å²) in [5.74, 6) is 1.83. The number of carbonyl (C=O) groups is 1. The fourth-order valence-corrected chi connectivity index (χ4v) is 2.97. The van der Waals surface area contributed by atoms with Crippen molar-refractivity contribution in [3.63, 3.8) is 0 Å². The minimum Gasteiger partial charge on any atom is -0.461 e. The van der Waals surface area contributed by atoms with Crippen molar-refractivity contribution in [3.8, 4) is 12.3 Å². The van der Waals surface area contributed by atoms with E-state index < -0.39 is 0 Å². The Morgan fingerprint density at radius 3 is 2.80 bits per heavy atom. The van der Waals surface area contributed by atoms with Gasteiger partial charge in [0.1, 0.15) is 6.61 Å². The third-order valence-corrected chi connectivity index (χ3v) is 4.64. The molecular weight excluding hydrogens is 338 g/mol. The van der Waals surface area contributed by atoms with Crippen LogP contribution >= 0.6 is 11.6 Å². The van der Waals surface area contributed by atoms with Crippen LogP contribution in [0.4, 0.5) is 0 Å². The van der Waals surface area contributed by atoms with Gasteiger partial charge in [-0.25, -0.2) is 0 Å². The largest absolute Gasteiger partial charge is 0.461 e. The van der Waals surface area contributed by atoms with E-state index in [4.69, 9.17) is 27.6 Å². The van der Waals surface area contributed by atoms with Crippen LogP contribution in [0.1, 0.15) is 19.4 Å². The van der Waals surface area contributed by atoms with E-state index in [1.165, 1.54) is 0 Å². The van der Waals surface area contributed by atoms with Gasteiger partial charge in [-0.1, -0.05) is 66.9 Å². The number of esters is 1. The summed E-state index contributed by atoms with van der Waals surface area (Å²) in [6.45, 7) is 4.27. The highest BCUT2D eigenvalue weighted by Gasteiger charge is 2.62. The van der Waals surface area contributed by atoms with Crippen molar-refractivity contribution in [2.45, 2.75) is 20.3 Å². The van der Waals surface area contributed by atoms with Gasteiger partial charge in [0, 0.05) is 23.6 Å². The molecule has 1 aromatic rings. The van der Waals surface area contributed by atoms with Crippen LogP contribution in [0.3, 0.4) is 0 Å². The Labute approximate surface area is 153 Å². The molecule has 2 rings (SSSR count). The van der Waals surface area contributed by atoms with Crippen molar-refractivity contribution in [2.24, 2.45) is 22.4 Å². The lowest BCUT2D eigenvalue weighted by molar-refractivity contribution is -0.144. The number of ether oxygens (including phenoxy) is 1. The Morgan fingerprint density at radius 1 is 1.40 bits per heavy atom. The molecule has 2 atom stereocenters. The zero-order valence-corrected chi connectivity index (χ0v) is 15.2. The molecule has 0 bridgehead atoms. The van der Waals surface area contributed by atoms with Crippen molar-refractivity contribution in [1.29, 1.82) is 0 Å². The summed E-state index contributed by atoms with van der Waals surface area (Å²) in [4.78, 5) is 17.1. The maximum atomic E-state index is 12.2. The number of allylic oxidation sites excluding steroid dienone is 1. The van der Waals surface area contributed by atoms with Gasteiger partial charge in [-0.15, -0.1) is 6.42 Å². The Hall–Kier alpha value is -2.25. The van der Waals surface area contributed by atoms with Crippen LogP contribution in [0.25, 0.3) is 0 Å². The van der Waals surface area contributed by atoms with Crippen LogP contribution in [-0.2, 0) is 20.8 Å². The first kappa shape index (κ1) is 19.1. The number of rotatable bonds is 8. The lowest BCUT2D eigenvalue weighted by Crippen LogP contribution is -2.11. The van der Waals surface area contributed by atoms with Crippen LogP contribution in [0.15, 0.2) is 46.6 Å². The predicted octanol–water partition coefficient (Wildman–Crippen LogP) is 3.80. The van der Waals surface area contributed by atoms with Crippen molar-refractivity contribution in [2.75, 3.05) is 13.2 Å². The Balaban J connectivity index is 1.79. The number of terminal acetylenes is 1. The van der Waals surface area contributed by atoms with E-state index in [0.717, 1.165) is 5.56 Å². The van der Waals surface area contributed by atoms with Gasteiger partial charge in [0.25, 0.3) is 0 Å². The van der Waals surface area contributed by atoms with E-state index in [0.29, 0.717) is 11.5 Å². The summed E-state index contributed by atoms with van der Waals surface area (Å²) in [5, 5.41) is 4.45. The fraction of sp³-hybridized carbons (Fsp3) is 0.400. The summed E-state index contributed by atoms with van der Waals surface area (Å²) in [6, 6.07) is 9.88. The Morgan fingerprint density at radius 2 is 2.12 bits per heavy atom. The topological polar surface area (TPSA) is 47.9 Å². The minimum atomic E-state index is -0.251. The van der Waals surface area contributed by atoms with Gasteiger partial charge in [0.2, 0.25) is 0 Å². The van der Waals surface area contributed by atoms with E-state index >= 15 is 0 Å². The van der Waals surface area contributed by atoms with Gasteiger partial charge in [0.15, 0.2) is 6.61 Å². The second-order valence-corrected chi connectivity index (χ2v) is 6.99. The van der Waals surface area contributed by atoms with E-state index in [1.807, 2.05) is 44.2 Å². The molecule has 5 heteroatoms. The van der Waals surface area contributed by atoms with Crippen LogP contribution in [-0.4, -0.2) is 25.4 Å². The zero-order valence-electron chi connectivity index (χ0n) is 14.4. The van der Waals surface area contributed by atoms with E-state index in [9.17, 15) is 4.79 Å². The molecule has 1 aromatic carbocycles. The molecule has 0 aliphatic heterocycles. The summed E-state index contributed by atoms with van der Waals surface area (Å²) in [6.07, 6.45) is 9.05. The fourth-order valence-electron chi connectivity index (χ4n) is 2.76. The van der Waals surface area contributed by atoms with Crippen LogP contribution in [0.5, 0.6) is 0 Å². The number of hydrogen-bond acceptors (Lipinski definition) is 4. The molecule has 1 fully saturated rings. The predicted molar refractivity (Wildman–Crippen MR) is 99.1 cm³/mol. The van der Waals surface area contributed by atoms with Gasteiger partial charge in [-0.05, 0) is 17.1 Å². The van der Waals surface area contributed by atoms with Gasteiger partial charge in [0.05, 0.1) is 5.92 Å². The number of hydrogen-bond donors (Lipinski definition) is 0. The summed E-state index contributed by atoms with van der Waals surface area (Å²) < 4.78 is 5.33. The summed E-state index contributed by atoms with van der Waals surface area (Å²) in [5.41, 5.74) is 0.916.